The number of benzene rings is 1. The number of hydrogen-bond donors (Lipinski definition) is 1. The van der Waals surface area contributed by atoms with Gasteiger partial charge in [0.15, 0.2) is 0 Å². The Morgan fingerprint density at radius 3 is 2.55 bits per heavy atom. The molecule has 0 spiro atoms. The van der Waals surface area contributed by atoms with Crippen LogP contribution in [0.25, 0.3) is 0 Å². The fraction of sp³-hybridized carbons (Fsp3) is 0.538. The number of nitrogens with zero attached hydrogens (tertiary/aromatic N) is 1. The molecular formula is C13H18ClF3N2O2S. The zero-order valence-corrected chi connectivity index (χ0v) is 13.3. The Morgan fingerprint density at radius 1 is 1.32 bits per heavy atom. The molecule has 0 aromatic heterocycles. The van der Waals surface area contributed by atoms with Crippen LogP contribution in [0, 0.1) is 5.92 Å². The first-order valence-electron chi connectivity index (χ1n) is 6.56. The molecule has 0 radical (unpaired) electrons. The van der Waals surface area contributed by atoms with Crippen molar-refractivity contribution >= 4 is 22.4 Å². The lowest BCUT2D eigenvalue weighted by atomic mass is 10.1. The smallest absolute Gasteiger partial charge is 0.330 e. The SMILES string of the molecule is Cl.NCC1CCN(S(=O)(=O)Cc2cccc(C(F)(F)F)c2)C1. The van der Waals surface area contributed by atoms with E-state index in [1.54, 1.807) is 0 Å². The quantitative estimate of drug-likeness (QED) is 0.897. The first-order chi connectivity index (χ1) is 9.72. The molecule has 1 saturated heterocycles. The summed E-state index contributed by atoms with van der Waals surface area (Å²) in [4.78, 5) is 0. The number of hydrogen-bond acceptors (Lipinski definition) is 3. The van der Waals surface area contributed by atoms with Crippen LogP contribution in [-0.2, 0) is 22.0 Å². The van der Waals surface area contributed by atoms with Crippen molar-refractivity contribution < 1.29 is 21.6 Å². The summed E-state index contributed by atoms with van der Waals surface area (Å²) in [7, 11) is -3.61. The average Bonchev–Trinajstić information content (AvgIpc) is 2.87. The maximum atomic E-state index is 12.6. The monoisotopic (exact) mass is 358 g/mol. The third-order valence-electron chi connectivity index (χ3n) is 3.58. The third-order valence-corrected chi connectivity index (χ3v) is 5.40. The summed E-state index contributed by atoms with van der Waals surface area (Å²) < 4.78 is 63.6. The molecule has 1 aliphatic heterocycles. The molecule has 22 heavy (non-hydrogen) atoms. The molecular weight excluding hydrogens is 341 g/mol. The molecule has 2 N–H and O–H groups in total. The summed E-state index contributed by atoms with van der Waals surface area (Å²) >= 11 is 0. The van der Waals surface area contributed by atoms with Gasteiger partial charge >= 0.3 is 6.18 Å². The summed E-state index contributed by atoms with van der Waals surface area (Å²) in [5.74, 6) is -0.296. The summed E-state index contributed by atoms with van der Waals surface area (Å²) in [6.45, 7) is 1.14. The highest BCUT2D eigenvalue weighted by molar-refractivity contribution is 7.88. The molecule has 1 unspecified atom stereocenters. The van der Waals surface area contributed by atoms with Gasteiger partial charge in [-0.3, -0.25) is 0 Å². The average molecular weight is 359 g/mol. The predicted octanol–water partition coefficient (Wildman–Crippen LogP) is 2.24. The van der Waals surface area contributed by atoms with Gasteiger partial charge in [0.05, 0.1) is 11.3 Å². The van der Waals surface area contributed by atoms with Crippen LogP contribution in [0.3, 0.4) is 0 Å². The van der Waals surface area contributed by atoms with Gasteiger partial charge in [-0.1, -0.05) is 18.2 Å². The van der Waals surface area contributed by atoms with E-state index in [1.807, 2.05) is 0 Å². The van der Waals surface area contributed by atoms with Gasteiger partial charge in [-0.25, -0.2) is 12.7 Å². The van der Waals surface area contributed by atoms with Crippen molar-refractivity contribution in [2.45, 2.75) is 18.3 Å². The van der Waals surface area contributed by atoms with E-state index in [9.17, 15) is 21.6 Å². The van der Waals surface area contributed by atoms with Crippen LogP contribution in [0.15, 0.2) is 24.3 Å². The van der Waals surface area contributed by atoms with Crippen LogP contribution in [0.1, 0.15) is 17.5 Å². The van der Waals surface area contributed by atoms with Crippen LogP contribution in [0.2, 0.25) is 0 Å². The fourth-order valence-electron chi connectivity index (χ4n) is 2.38. The predicted molar refractivity (Wildman–Crippen MR) is 80.1 cm³/mol. The maximum Gasteiger partial charge on any atom is 0.416 e. The van der Waals surface area contributed by atoms with E-state index in [4.69, 9.17) is 5.73 Å². The van der Waals surface area contributed by atoms with E-state index in [0.29, 0.717) is 26.1 Å². The minimum Gasteiger partial charge on any atom is -0.330 e. The van der Waals surface area contributed by atoms with Gasteiger partial charge in [0.2, 0.25) is 10.0 Å². The Hall–Kier alpha value is -0.830. The number of rotatable bonds is 4. The van der Waals surface area contributed by atoms with Crippen LogP contribution >= 0.6 is 12.4 Å². The molecule has 0 bridgehead atoms. The first-order valence-corrected chi connectivity index (χ1v) is 8.17. The van der Waals surface area contributed by atoms with Crippen LogP contribution in [0.4, 0.5) is 13.2 Å². The number of alkyl halides is 3. The van der Waals surface area contributed by atoms with Crippen molar-refractivity contribution in [2.24, 2.45) is 11.7 Å². The van der Waals surface area contributed by atoms with Crippen molar-refractivity contribution in [2.75, 3.05) is 19.6 Å². The van der Waals surface area contributed by atoms with Crippen LogP contribution < -0.4 is 5.73 Å². The lowest BCUT2D eigenvalue weighted by molar-refractivity contribution is -0.137. The minimum absolute atomic E-state index is 0. The molecule has 1 atom stereocenters. The van der Waals surface area contributed by atoms with Gasteiger partial charge < -0.3 is 5.73 Å². The van der Waals surface area contributed by atoms with Crippen molar-refractivity contribution in [3.63, 3.8) is 0 Å². The van der Waals surface area contributed by atoms with Crippen molar-refractivity contribution in [3.8, 4) is 0 Å². The molecule has 0 amide bonds. The van der Waals surface area contributed by atoms with Crippen molar-refractivity contribution in [1.82, 2.24) is 4.31 Å². The first kappa shape index (κ1) is 19.2. The normalized spacial score (nSPS) is 19.9. The Balaban J connectivity index is 0.00000242. The molecule has 9 heteroatoms. The van der Waals surface area contributed by atoms with Gasteiger partial charge in [-0.05, 0) is 30.5 Å². The Kier molecular flexibility index (Phi) is 6.26. The molecule has 1 heterocycles. The van der Waals surface area contributed by atoms with Gasteiger partial charge in [0.1, 0.15) is 0 Å². The summed E-state index contributed by atoms with van der Waals surface area (Å²) in [6.07, 6.45) is -3.78. The third kappa shape index (κ3) is 4.58. The Bertz CT molecular complexity index is 608. The maximum absolute atomic E-state index is 12.6. The van der Waals surface area contributed by atoms with E-state index in [2.05, 4.69) is 0 Å². The zero-order chi connectivity index (χ0) is 15.7. The molecule has 4 nitrogen and oxygen atoms in total. The lowest BCUT2D eigenvalue weighted by Gasteiger charge is -2.17. The molecule has 2 rings (SSSR count). The second-order valence-electron chi connectivity index (χ2n) is 5.20. The highest BCUT2D eigenvalue weighted by Gasteiger charge is 2.33. The van der Waals surface area contributed by atoms with Gasteiger partial charge in [0, 0.05) is 13.1 Å². The minimum atomic E-state index is -4.47. The van der Waals surface area contributed by atoms with Crippen LogP contribution in [0.5, 0.6) is 0 Å². The molecule has 1 fully saturated rings. The van der Waals surface area contributed by atoms with E-state index in [-0.39, 0.29) is 23.9 Å². The second kappa shape index (κ2) is 7.16. The van der Waals surface area contributed by atoms with E-state index in [1.165, 1.54) is 16.4 Å². The highest BCUT2D eigenvalue weighted by Crippen LogP contribution is 2.30. The Morgan fingerprint density at radius 2 is 2.00 bits per heavy atom. The van der Waals surface area contributed by atoms with Gasteiger partial charge in [0.25, 0.3) is 0 Å². The lowest BCUT2D eigenvalue weighted by Crippen LogP contribution is -2.31. The summed E-state index contributed by atoms with van der Waals surface area (Å²) in [5.41, 5.74) is 4.82. The van der Waals surface area contributed by atoms with E-state index >= 15 is 0 Å². The number of sulfonamides is 1. The molecule has 126 valence electrons. The van der Waals surface area contributed by atoms with E-state index < -0.39 is 27.5 Å². The number of halogens is 4. The molecule has 1 aliphatic rings. The molecule has 1 aromatic rings. The zero-order valence-electron chi connectivity index (χ0n) is 11.7. The topological polar surface area (TPSA) is 63.4 Å². The van der Waals surface area contributed by atoms with Gasteiger partial charge in [-0.15, -0.1) is 12.4 Å². The van der Waals surface area contributed by atoms with Crippen LogP contribution in [-0.4, -0.2) is 32.4 Å². The van der Waals surface area contributed by atoms with Crippen molar-refractivity contribution in [3.05, 3.63) is 35.4 Å². The van der Waals surface area contributed by atoms with Gasteiger partial charge in [-0.2, -0.15) is 13.2 Å². The highest BCUT2D eigenvalue weighted by atomic mass is 35.5. The summed E-state index contributed by atoms with van der Waals surface area (Å²) in [5, 5.41) is 0. The molecule has 1 aromatic carbocycles. The fourth-order valence-corrected chi connectivity index (χ4v) is 3.99. The van der Waals surface area contributed by atoms with Crippen molar-refractivity contribution in [1.29, 1.82) is 0 Å². The summed E-state index contributed by atoms with van der Waals surface area (Å²) in [6, 6.07) is 4.42. The molecule has 0 aliphatic carbocycles. The Labute approximate surface area is 133 Å². The largest absolute Gasteiger partial charge is 0.416 e. The molecule has 0 saturated carbocycles. The standard InChI is InChI=1S/C13H17F3N2O2S.ClH/c14-13(15,16)12-3-1-2-10(6-12)9-21(19,20)18-5-4-11(7-17)8-18;/h1-3,6,11H,4-5,7-9,17H2;1H. The number of nitrogens with two attached hydrogens (primary N) is 1. The van der Waals surface area contributed by atoms with E-state index in [0.717, 1.165) is 12.1 Å². The second-order valence-corrected chi connectivity index (χ2v) is 7.17.